The molecule has 1 aliphatic rings. The van der Waals surface area contributed by atoms with Crippen LogP contribution in [-0.2, 0) is 4.79 Å². The van der Waals surface area contributed by atoms with Gasteiger partial charge in [0.25, 0.3) is 11.7 Å². The Morgan fingerprint density at radius 3 is 2.64 bits per heavy atom. The number of carbonyl (C=O) groups is 2. The van der Waals surface area contributed by atoms with Gasteiger partial charge in [-0.15, -0.1) is 11.3 Å². The van der Waals surface area contributed by atoms with Gasteiger partial charge in [0.1, 0.15) is 0 Å². The second kappa shape index (κ2) is 7.20. The Labute approximate surface area is 163 Å². The summed E-state index contributed by atoms with van der Waals surface area (Å²) in [4.78, 5) is 41.8. The fourth-order valence-corrected chi connectivity index (χ4v) is 3.54. The Kier molecular flexibility index (Phi) is 4.58. The number of ketones is 1. The lowest BCUT2D eigenvalue weighted by atomic mass is 10.1. The summed E-state index contributed by atoms with van der Waals surface area (Å²) in [6, 6.07) is 14.8. The van der Waals surface area contributed by atoms with E-state index in [1.807, 2.05) is 6.07 Å². The van der Waals surface area contributed by atoms with Crippen molar-refractivity contribution in [1.82, 2.24) is 4.98 Å². The van der Waals surface area contributed by atoms with Crippen LogP contribution in [0.5, 0.6) is 5.75 Å². The van der Waals surface area contributed by atoms with Gasteiger partial charge in [0, 0.05) is 11.6 Å². The lowest BCUT2D eigenvalue weighted by molar-refractivity contribution is -0.389. The van der Waals surface area contributed by atoms with Crippen LogP contribution in [0.4, 0.5) is 11.6 Å². The van der Waals surface area contributed by atoms with Crippen molar-refractivity contribution in [3.63, 3.8) is 0 Å². The molecule has 3 heterocycles. The van der Waals surface area contributed by atoms with Gasteiger partial charge in [-0.05, 0) is 27.4 Å². The summed E-state index contributed by atoms with van der Waals surface area (Å²) in [5.74, 6) is -1.04. The molecule has 0 N–H and O–H groups in total. The first-order valence-corrected chi connectivity index (χ1v) is 9.17. The van der Waals surface area contributed by atoms with Crippen LogP contribution in [0, 0.1) is 10.1 Å². The Morgan fingerprint density at radius 2 is 1.96 bits per heavy atom. The van der Waals surface area contributed by atoms with Crippen LogP contribution in [0.3, 0.4) is 0 Å². The zero-order valence-electron chi connectivity index (χ0n) is 14.3. The Bertz CT molecular complexity index is 1050. The summed E-state index contributed by atoms with van der Waals surface area (Å²) < 4.78 is 5.78. The maximum absolute atomic E-state index is 13.1. The summed E-state index contributed by atoms with van der Waals surface area (Å²) in [5, 5.41) is 12.9. The smallest absolute Gasteiger partial charge is 0.366 e. The van der Waals surface area contributed by atoms with Crippen LogP contribution in [0.25, 0.3) is 0 Å². The second-order valence-electron chi connectivity index (χ2n) is 5.98. The molecule has 0 fully saturated rings. The third-order valence-electron chi connectivity index (χ3n) is 4.20. The van der Waals surface area contributed by atoms with Crippen LogP contribution < -0.4 is 9.64 Å². The van der Waals surface area contributed by atoms with Gasteiger partial charge in [-0.1, -0.05) is 36.4 Å². The number of Topliss-reactive ketones (excluding diaryl/α,β-unsaturated/α-hetero) is 1. The molecule has 4 rings (SSSR count). The first kappa shape index (κ1) is 17.8. The highest BCUT2D eigenvalue weighted by atomic mass is 32.1. The molecular formula is C19H13N3O5S. The molecule has 1 aliphatic heterocycles. The normalized spacial score (nSPS) is 15.6. The van der Waals surface area contributed by atoms with E-state index in [1.54, 1.807) is 41.8 Å². The van der Waals surface area contributed by atoms with E-state index in [9.17, 15) is 19.7 Å². The molecule has 0 saturated heterocycles. The van der Waals surface area contributed by atoms with E-state index >= 15 is 0 Å². The maximum Gasteiger partial charge on any atom is 0.366 e. The van der Waals surface area contributed by atoms with Crippen molar-refractivity contribution in [3.05, 3.63) is 80.5 Å². The fraction of sp³-hybridized carbons (Fsp3) is 0.105. The fourth-order valence-electron chi connectivity index (χ4n) is 2.89. The predicted molar refractivity (Wildman–Crippen MR) is 102 cm³/mol. The quantitative estimate of drug-likeness (QED) is 0.373. The molecule has 0 radical (unpaired) electrons. The van der Waals surface area contributed by atoms with Gasteiger partial charge in [0.05, 0.1) is 11.4 Å². The zero-order chi connectivity index (χ0) is 19.7. The number of hydrogen-bond acceptors (Lipinski definition) is 7. The van der Waals surface area contributed by atoms with E-state index in [0.29, 0.717) is 10.4 Å². The highest BCUT2D eigenvalue weighted by Crippen LogP contribution is 2.38. The topological polar surface area (TPSA) is 103 Å². The molecule has 140 valence electrons. The van der Waals surface area contributed by atoms with E-state index in [1.165, 1.54) is 23.5 Å². The number of fused-ring (bicyclic) bond motifs is 1. The van der Waals surface area contributed by atoms with Crippen LogP contribution in [0.2, 0.25) is 0 Å². The molecule has 1 aromatic carbocycles. The number of rotatable bonds is 5. The molecule has 28 heavy (non-hydrogen) atoms. The summed E-state index contributed by atoms with van der Waals surface area (Å²) >= 11 is 1.26. The van der Waals surface area contributed by atoms with E-state index in [4.69, 9.17) is 4.74 Å². The van der Waals surface area contributed by atoms with Crippen molar-refractivity contribution in [3.8, 4) is 5.75 Å². The molecule has 0 saturated carbocycles. The number of amides is 1. The number of thiophene rings is 1. The van der Waals surface area contributed by atoms with Crippen molar-refractivity contribution in [2.75, 3.05) is 11.4 Å². The maximum atomic E-state index is 13.1. The minimum Gasteiger partial charge on any atom is -0.469 e. The van der Waals surface area contributed by atoms with E-state index in [-0.39, 0.29) is 23.9 Å². The van der Waals surface area contributed by atoms with Gasteiger partial charge < -0.3 is 14.9 Å². The minimum absolute atomic E-state index is 0.0312. The molecule has 1 unspecified atom stereocenters. The second-order valence-corrected chi connectivity index (χ2v) is 6.93. The Balaban J connectivity index is 1.76. The molecule has 1 atom stereocenters. The summed E-state index contributed by atoms with van der Waals surface area (Å²) in [7, 11) is 0. The van der Waals surface area contributed by atoms with Gasteiger partial charge in [0.2, 0.25) is 6.10 Å². The van der Waals surface area contributed by atoms with Crippen molar-refractivity contribution >= 4 is 34.7 Å². The van der Waals surface area contributed by atoms with Crippen molar-refractivity contribution in [1.29, 1.82) is 0 Å². The molecule has 8 nitrogen and oxygen atoms in total. The molecule has 9 heteroatoms. The number of aromatic nitrogens is 1. The van der Waals surface area contributed by atoms with E-state index in [0.717, 1.165) is 4.90 Å². The van der Waals surface area contributed by atoms with Crippen molar-refractivity contribution in [2.45, 2.75) is 6.10 Å². The molecule has 1 amide bonds. The first-order valence-electron chi connectivity index (χ1n) is 8.29. The number of nitro groups is 1. The van der Waals surface area contributed by atoms with Gasteiger partial charge in [-0.3, -0.25) is 14.5 Å². The van der Waals surface area contributed by atoms with Gasteiger partial charge in [-0.2, -0.15) is 0 Å². The van der Waals surface area contributed by atoms with Crippen LogP contribution in [0.1, 0.15) is 21.3 Å². The summed E-state index contributed by atoms with van der Waals surface area (Å²) in [6.07, 6.45) is -0.965. The lowest BCUT2D eigenvalue weighted by Gasteiger charge is -2.30. The number of anilines is 1. The van der Waals surface area contributed by atoms with Crippen molar-refractivity contribution < 1.29 is 19.2 Å². The molecule has 2 aromatic heterocycles. The summed E-state index contributed by atoms with van der Waals surface area (Å²) in [6.45, 7) is -0.285. The number of ether oxygens (including phenoxy) is 1. The van der Waals surface area contributed by atoms with Gasteiger partial charge >= 0.3 is 5.82 Å². The monoisotopic (exact) mass is 395 g/mol. The van der Waals surface area contributed by atoms with Gasteiger partial charge in [-0.25, -0.2) is 0 Å². The SMILES string of the molecule is O=C(CN1C(=O)C(c2ccccc2)Oc2ccc([N+](=O)[O-])nc21)c1cccs1. The first-order chi connectivity index (χ1) is 13.5. The molecular weight excluding hydrogens is 382 g/mol. The number of pyridine rings is 1. The average Bonchev–Trinajstić information content (AvgIpc) is 3.25. The minimum atomic E-state index is -0.965. The third kappa shape index (κ3) is 3.23. The van der Waals surface area contributed by atoms with E-state index in [2.05, 4.69) is 4.98 Å². The molecule has 0 aliphatic carbocycles. The van der Waals surface area contributed by atoms with Crippen molar-refractivity contribution in [2.24, 2.45) is 0 Å². The zero-order valence-corrected chi connectivity index (χ0v) is 15.2. The third-order valence-corrected chi connectivity index (χ3v) is 5.11. The van der Waals surface area contributed by atoms with Crippen LogP contribution in [0.15, 0.2) is 60.0 Å². The lowest BCUT2D eigenvalue weighted by Crippen LogP contribution is -2.44. The van der Waals surface area contributed by atoms with E-state index < -0.39 is 22.8 Å². The average molecular weight is 395 g/mol. The highest BCUT2D eigenvalue weighted by molar-refractivity contribution is 7.12. The standard InChI is InChI=1S/C19H13N3O5S/c23-13(15-7-4-10-28-15)11-21-18-14(8-9-16(20-18)22(25)26)27-17(19(21)24)12-5-2-1-3-6-12/h1-10,17H,11H2. The number of nitrogens with zero attached hydrogens (tertiary/aromatic N) is 3. The number of benzene rings is 1. The number of hydrogen-bond donors (Lipinski definition) is 0. The Morgan fingerprint density at radius 1 is 1.18 bits per heavy atom. The Hall–Kier alpha value is -3.59. The molecule has 0 spiro atoms. The van der Waals surface area contributed by atoms with Crippen LogP contribution >= 0.6 is 11.3 Å². The number of carbonyl (C=O) groups excluding carboxylic acids is 2. The predicted octanol–water partition coefficient (Wildman–Crippen LogP) is 3.40. The van der Waals surface area contributed by atoms with Gasteiger partial charge in [0.15, 0.2) is 11.5 Å². The van der Waals surface area contributed by atoms with Crippen LogP contribution in [-0.4, -0.2) is 28.1 Å². The molecule has 3 aromatic rings. The highest BCUT2D eigenvalue weighted by Gasteiger charge is 2.40. The largest absolute Gasteiger partial charge is 0.469 e. The summed E-state index contributed by atoms with van der Waals surface area (Å²) in [5.41, 5.74) is 0.616. The molecule has 0 bridgehead atoms.